The number of aryl methyl sites for hydroxylation is 2. The van der Waals surface area contributed by atoms with Crippen LogP contribution in [0, 0.1) is 13.8 Å². The summed E-state index contributed by atoms with van der Waals surface area (Å²) in [5, 5.41) is 8.85. The first-order valence-electron chi connectivity index (χ1n) is 4.02. The molecule has 1 aromatic carbocycles. The summed E-state index contributed by atoms with van der Waals surface area (Å²) in [6, 6.07) is 2.85. The lowest BCUT2D eigenvalue weighted by Crippen LogP contribution is -2.07. The molecule has 6 heteroatoms. The van der Waals surface area contributed by atoms with Gasteiger partial charge in [-0.1, -0.05) is 6.07 Å². The second-order valence-electron chi connectivity index (χ2n) is 3.20. The fourth-order valence-corrected chi connectivity index (χ4v) is 2.90. The Morgan fingerprint density at radius 3 is 2.27 bits per heavy atom. The van der Waals surface area contributed by atoms with Crippen LogP contribution in [0.15, 0.2) is 17.0 Å². The number of rotatable bonds is 2. The summed E-state index contributed by atoms with van der Waals surface area (Å²) in [4.78, 5) is 10.5. The molecule has 1 rings (SSSR count). The quantitative estimate of drug-likeness (QED) is 0.812. The van der Waals surface area contributed by atoms with Crippen LogP contribution in [0.2, 0.25) is 0 Å². The normalized spacial score (nSPS) is 11.4. The summed E-state index contributed by atoms with van der Waals surface area (Å²) in [6.45, 7) is 3.19. The van der Waals surface area contributed by atoms with Gasteiger partial charge in [-0.05, 0) is 31.0 Å². The molecule has 0 bridgehead atoms. The Morgan fingerprint density at radius 2 is 1.87 bits per heavy atom. The van der Waals surface area contributed by atoms with Crippen LogP contribution in [0.3, 0.4) is 0 Å². The lowest BCUT2D eigenvalue weighted by atomic mass is 10.1. The molecule has 0 aliphatic rings. The van der Waals surface area contributed by atoms with Gasteiger partial charge in [-0.3, -0.25) is 0 Å². The molecule has 0 aliphatic carbocycles. The fraction of sp³-hybridized carbons (Fsp3) is 0.222. The van der Waals surface area contributed by atoms with Crippen LogP contribution >= 0.6 is 10.7 Å². The van der Waals surface area contributed by atoms with E-state index < -0.39 is 15.0 Å². The minimum atomic E-state index is -4.03. The van der Waals surface area contributed by atoms with Crippen LogP contribution in [0.1, 0.15) is 21.5 Å². The van der Waals surface area contributed by atoms with Gasteiger partial charge in [0.1, 0.15) is 0 Å². The number of aromatic carboxylic acids is 1. The maximum Gasteiger partial charge on any atom is 0.337 e. The monoisotopic (exact) mass is 248 g/mol. The van der Waals surface area contributed by atoms with Crippen molar-refractivity contribution in [2.75, 3.05) is 0 Å². The highest BCUT2D eigenvalue weighted by molar-refractivity contribution is 8.13. The lowest BCUT2D eigenvalue weighted by molar-refractivity contribution is 0.0692. The van der Waals surface area contributed by atoms with E-state index in [-0.39, 0.29) is 10.5 Å². The first kappa shape index (κ1) is 12.0. The molecule has 0 unspecified atom stereocenters. The van der Waals surface area contributed by atoms with Gasteiger partial charge in [-0.2, -0.15) is 0 Å². The fourth-order valence-electron chi connectivity index (χ4n) is 1.44. The van der Waals surface area contributed by atoms with Crippen molar-refractivity contribution in [3.8, 4) is 0 Å². The molecule has 0 fully saturated rings. The van der Waals surface area contributed by atoms with Crippen LogP contribution in [0.5, 0.6) is 0 Å². The van der Waals surface area contributed by atoms with Crippen molar-refractivity contribution in [1.82, 2.24) is 0 Å². The molecule has 0 amide bonds. The standard InChI is InChI=1S/C9H9ClO4S/c1-5-3-6(2)8(15(10,13)14)7(4-5)9(11)12/h3-4H,1-2H3,(H,11,12). The van der Waals surface area contributed by atoms with Crippen LogP contribution in [-0.2, 0) is 9.05 Å². The maximum atomic E-state index is 11.2. The Labute approximate surface area is 91.9 Å². The summed E-state index contributed by atoms with van der Waals surface area (Å²) >= 11 is 0. The van der Waals surface area contributed by atoms with Gasteiger partial charge in [0.25, 0.3) is 9.05 Å². The van der Waals surface area contributed by atoms with Gasteiger partial charge in [0.15, 0.2) is 0 Å². The van der Waals surface area contributed by atoms with E-state index in [1.54, 1.807) is 13.0 Å². The number of hydrogen-bond acceptors (Lipinski definition) is 3. The van der Waals surface area contributed by atoms with Gasteiger partial charge in [-0.25, -0.2) is 13.2 Å². The van der Waals surface area contributed by atoms with Crippen molar-refractivity contribution in [3.63, 3.8) is 0 Å². The molecule has 82 valence electrons. The zero-order chi connectivity index (χ0) is 11.8. The molecule has 15 heavy (non-hydrogen) atoms. The first-order valence-corrected chi connectivity index (χ1v) is 6.33. The van der Waals surface area contributed by atoms with Crippen LogP contribution in [0.4, 0.5) is 0 Å². The van der Waals surface area contributed by atoms with Gasteiger partial charge in [-0.15, -0.1) is 0 Å². The largest absolute Gasteiger partial charge is 0.478 e. The summed E-state index contributed by atoms with van der Waals surface area (Å²) in [5.74, 6) is -1.30. The predicted molar refractivity (Wildman–Crippen MR) is 55.9 cm³/mol. The van der Waals surface area contributed by atoms with E-state index in [9.17, 15) is 13.2 Å². The predicted octanol–water partition coefficient (Wildman–Crippen LogP) is 1.93. The number of carbonyl (C=O) groups is 1. The number of carboxylic acids is 1. The zero-order valence-electron chi connectivity index (χ0n) is 8.11. The van der Waals surface area contributed by atoms with Gasteiger partial charge in [0.05, 0.1) is 10.5 Å². The molecule has 0 saturated heterocycles. The van der Waals surface area contributed by atoms with Crippen molar-refractivity contribution < 1.29 is 18.3 Å². The minimum absolute atomic E-state index is 0.289. The zero-order valence-corrected chi connectivity index (χ0v) is 9.69. The second kappa shape index (κ2) is 3.83. The highest BCUT2D eigenvalue weighted by atomic mass is 35.7. The van der Waals surface area contributed by atoms with E-state index >= 15 is 0 Å². The molecule has 1 aromatic rings. The third-order valence-corrected chi connectivity index (χ3v) is 3.39. The van der Waals surface area contributed by atoms with Crippen LogP contribution in [-0.4, -0.2) is 19.5 Å². The number of halogens is 1. The van der Waals surface area contributed by atoms with Gasteiger partial charge in [0.2, 0.25) is 0 Å². The summed E-state index contributed by atoms with van der Waals surface area (Å²) in [7, 11) is 1.14. The number of hydrogen-bond donors (Lipinski definition) is 1. The molecule has 0 aliphatic heterocycles. The van der Waals surface area contributed by atoms with Gasteiger partial charge in [0, 0.05) is 10.7 Å². The number of carboxylic acid groups (broad SMARTS) is 1. The topological polar surface area (TPSA) is 71.4 Å². The Balaban J connectivity index is 3.70. The SMILES string of the molecule is Cc1cc(C)c(S(=O)(=O)Cl)c(C(=O)O)c1. The molecule has 0 radical (unpaired) electrons. The van der Waals surface area contributed by atoms with Gasteiger partial charge >= 0.3 is 5.97 Å². The molecule has 0 spiro atoms. The maximum absolute atomic E-state index is 11.2. The highest BCUT2D eigenvalue weighted by Gasteiger charge is 2.22. The van der Waals surface area contributed by atoms with E-state index in [4.69, 9.17) is 15.8 Å². The Morgan fingerprint density at radius 1 is 1.33 bits per heavy atom. The second-order valence-corrected chi connectivity index (χ2v) is 5.70. The number of benzene rings is 1. The Hall–Kier alpha value is -1.07. The van der Waals surface area contributed by atoms with Gasteiger partial charge < -0.3 is 5.11 Å². The molecular weight excluding hydrogens is 240 g/mol. The molecule has 0 saturated carbocycles. The van der Waals surface area contributed by atoms with Crippen molar-refractivity contribution in [2.24, 2.45) is 0 Å². The Kier molecular flexibility index (Phi) is 3.06. The molecule has 0 heterocycles. The molecule has 0 aromatic heterocycles. The van der Waals surface area contributed by atoms with Crippen molar-refractivity contribution in [3.05, 3.63) is 28.8 Å². The minimum Gasteiger partial charge on any atom is -0.478 e. The highest BCUT2D eigenvalue weighted by Crippen LogP contribution is 2.25. The summed E-state index contributed by atoms with van der Waals surface area (Å²) in [5.41, 5.74) is 0.721. The van der Waals surface area contributed by atoms with E-state index in [1.165, 1.54) is 13.0 Å². The van der Waals surface area contributed by atoms with E-state index in [0.29, 0.717) is 11.1 Å². The average molecular weight is 249 g/mol. The lowest BCUT2D eigenvalue weighted by Gasteiger charge is -2.07. The summed E-state index contributed by atoms with van der Waals surface area (Å²) in [6.07, 6.45) is 0. The van der Waals surface area contributed by atoms with E-state index in [0.717, 1.165) is 0 Å². The smallest absolute Gasteiger partial charge is 0.337 e. The first-order chi connectivity index (χ1) is 6.73. The molecule has 0 atom stereocenters. The molecule has 4 nitrogen and oxygen atoms in total. The Bertz CT molecular complexity index is 519. The van der Waals surface area contributed by atoms with E-state index in [1.807, 2.05) is 0 Å². The van der Waals surface area contributed by atoms with Crippen molar-refractivity contribution >= 4 is 25.7 Å². The molecule has 1 N–H and O–H groups in total. The molecular formula is C9H9ClO4S. The average Bonchev–Trinajstić information content (AvgIpc) is 1.99. The van der Waals surface area contributed by atoms with Crippen LogP contribution < -0.4 is 0 Å². The van der Waals surface area contributed by atoms with E-state index in [2.05, 4.69) is 0 Å². The van der Waals surface area contributed by atoms with Crippen molar-refractivity contribution in [2.45, 2.75) is 18.7 Å². The van der Waals surface area contributed by atoms with Crippen molar-refractivity contribution in [1.29, 1.82) is 0 Å². The van der Waals surface area contributed by atoms with Crippen LogP contribution in [0.25, 0.3) is 0 Å². The summed E-state index contributed by atoms with van der Waals surface area (Å²) < 4.78 is 22.4. The third kappa shape index (κ3) is 2.49. The third-order valence-electron chi connectivity index (χ3n) is 1.89.